The normalized spacial score (nSPS) is 13.8. The van der Waals surface area contributed by atoms with Crippen LogP contribution in [0.2, 0.25) is 0 Å². The lowest BCUT2D eigenvalue weighted by Gasteiger charge is -2.26. The van der Waals surface area contributed by atoms with Gasteiger partial charge in [-0.15, -0.1) is 0 Å². The molecule has 1 aliphatic rings. The van der Waals surface area contributed by atoms with Crippen molar-refractivity contribution in [2.45, 2.75) is 13.0 Å². The average Bonchev–Trinajstić information content (AvgIpc) is 3.02. The Morgan fingerprint density at radius 1 is 1.33 bits per heavy atom. The highest BCUT2D eigenvalue weighted by molar-refractivity contribution is 5.78. The Morgan fingerprint density at radius 3 is 2.88 bits per heavy atom. The Labute approximate surface area is 139 Å². The molecule has 3 rings (SSSR count). The number of aromatic nitrogens is 1. The first kappa shape index (κ1) is 16.6. The van der Waals surface area contributed by atoms with Gasteiger partial charge in [-0.3, -0.25) is 4.79 Å². The van der Waals surface area contributed by atoms with Crippen LogP contribution in [0, 0.1) is 5.82 Å². The van der Waals surface area contributed by atoms with Gasteiger partial charge in [0, 0.05) is 24.8 Å². The number of nitrogens with zero attached hydrogens (tertiary/aromatic N) is 2. The highest BCUT2D eigenvalue weighted by Gasteiger charge is 2.27. The van der Waals surface area contributed by atoms with Gasteiger partial charge in [-0.1, -0.05) is 5.16 Å². The minimum Gasteiger partial charge on any atom is -0.382 e. The lowest BCUT2D eigenvalue weighted by molar-refractivity contribution is -0.137. The van der Waals surface area contributed by atoms with Gasteiger partial charge in [0.2, 0.25) is 5.91 Å². The fourth-order valence-electron chi connectivity index (χ4n) is 2.66. The van der Waals surface area contributed by atoms with Crippen LogP contribution >= 0.6 is 0 Å². The van der Waals surface area contributed by atoms with Crippen LogP contribution in [-0.4, -0.2) is 49.4 Å². The molecule has 0 aliphatic carbocycles. The second kappa shape index (κ2) is 7.55. The zero-order chi connectivity index (χ0) is 16.9. The summed E-state index contributed by atoms with van der Waals surface area (Å²) >= 11 is 0. The molecule has 0 N–H and O–H groups in total. The Morgan fingerprint density at radius 2 is 2.12 bits per heavy atom. The number of ether oxygens (including phenoxy) is 2. The van der Waals surface area contributed by atoms with Gasteiger partial charge < -0.3 is 18.9 Å². The number of hydrogen-bond acceptors (Lipinski definition) is 5. The van der Waals surface area contributed by atoms with Crippen molar-refractivity contribution in [2.75, 3.05) is 33.5 Å². The average molecular weight is 334 g/mol. The summed E-state index contributed by atoms with van der Waals surface area (Å²) in [4.78, 5) is 13.8. The molecule has 0 fully saturated rings. The predicted octanol–water partition coefficient (Wildman–Crippen LogP) is 2.03. The summed E-state index contributed by atoms with van der Waals surface area (Å²) in [5.41, 5.74) is 2.50. The highest BCUT2D eigenvalue weighted by Crippen LogP contribution is 2.30. The molecule has 1 amide bonds. The van der Waals surface area contributed by atoms with E-state index in [4.69, 9.17) is 14.0 Å². The van der Waals surface area contributed by atoms with E-state index in [0.29, 0.717) is 38.5 Å². The van der Waals surface area contributed by atoms with Crippen LogP contribution < -0.4 is 0 Å². The maximum absolute atomic E-state index is 13.0. The zero-order valence-electron chi connectivity index (χ0n) is 13.5. The van der Waals surface area contributed by atoms with Crippen molar-refractivity contribution in [1.29, 1.82) is 0 Å². The van der Waals surface area contributed by atoms with Gasteiger partial charge >= 0.3 is 0 Å². The van der Waals surface area contributed by atoms with Gasteiger partial charge in [0.25, 0.3) is 0 Å². The van der Waals surface area contributed by atoms with E-state index in [1.165, 1.54) is 12.1 Å². The summed E-state index contributed by atoms with van der Waals surface area (Å²) in [6, 6.07) is 6.11. The molecule has 1 aromatic carbocycles. The predicted molar refractivity (Wildman–Crippen MR) is 83.7 cm³/mol. The van der Waals surface area contributed by atoms with E-state index >= 15 is 0 Å². The first-order valence-electron chi connectivity index (χ1n) is 7.77. The number of hydrogen-bond donors (Lipinski definition) is 0. The topological polar surface area (TPSA) is 64.8 Å². The molecule has 0 saturated carbocycles. The lowest BCUT2D eigenvalue weighted by atomic mass is 10.0. The minimum absolute atomic E-state index is 0.0291. The SMILES string of the molecule is COCCOCC(=O)N1CCc2c(noc2-c2ccc(F)cc2)C1. The number of halogens is 1. The van der Waals surface area contributed by atoms with Crippen LogP contribution in [0.15, 0.2) is 28.8 Å². The third-order valence-corrected chi connectivity index (χ3v) is 3.96. The number of amides is 1. The van der Waals surface area contributed by atoms with E-state index < -0.39 is 0 Å². The molecule has 128 valence electrons. The second-order valence-corrected chi connectivity index (χ2v) is 5.55. The van der Waals surface area contributed by atoms with Crippen LogP contribution in [0.25, 0.3) is 11.3 Å². The van der Waals surface area contributed by atoms with Gasteiger partial charge in [-0.2, -0.15) is 0 Å². The van der Waals surface area contributed by atoms with Gasteiger partial charge in [0.1, 0.15) is 18.1 Å². The molecule has 24 heavy (non-hydrogen) atoms. The summed E-state index contributed by atoms with van der Waals surface area (Å²) in [6.07, 6.45) is 0.648. The monoisotopic (exact) mass is 334 g/mol. The first-order valence-corrected chi connectivity index (χ1v) is 7.77. The molecule has 0 radical (unpaired) electrons. The second-order valence-electron chi connectivity index (χ2n) is 5.55. The number of carbonyl (C=O) groups excluding carboxylic acids is 1. The molecule has 1 aliphatic heterocycles. The zero-order valence-corrected chi connectivity index (χ0v) is 13.5. The van der Waals surface area contributed by atoms with E-state index in [2.05, 4.69) is 5.16 Å². The smallest absolute Gasteiger partial charge is 0.248 e. The van der Waals surface area contributed by atoms with Crippen LogP contribution in [0.3, 0.4) is 0 Å². The number of methoxy groups -OCH3 is 1. The quantitative estimate of drug-likeness (QED) is 0.756. The Bertz CT molecular complexity index is 699. The molecular formula is C17H19FN2O4. The Hall–Kier alpha value is -2.25. The molecule has 2 heterocycles. The minimum atomic E-state index is -0.294. The standard InChI is InChI=1S/C17H19FN2O4/c1-22-8-9-23-11-16(21)20-7-6-14-15(10-20)19-24-17(14)12-2-4-13(18)5-3-12/h2-5H,6-11H2,1H3. The van der Waals surface area contributed by atoms with Gasteiger partial charge in [0.05, 0.1) is 19.8 Å². The van der Waals surface area contributed by atoms with Crippen LogP contribution in [0.5, 0.6) is 0 Å². The van der Waals surface area contributed by atoms with Gasteiger partial charge in [-0.25, -0.2) is 4.39 Å². The van der Waals surface area contributed by atoms with E-state index in [9.17, 15) is 9.18 Å². The van der Waals surface area contributed by atoms with Crippen molar-refractivity contribution in [3.63, 3.8) is 0 Å². The van der Waals surface area contributed by atoms with E-state index in [1.807, 2.05) is 0 Å². The summed E-state index contributed by atoms with van der Waals surface area (Å²) in [5.74, 6) is 0.272. The third-order valence-electron chi connectivity index (χ3n) is 3.96. The van der Waals surface area contributed by atoms with Crippen molar-refractivity contribution >= 4 is 5.91 Å². The number of fused-ring (bicyclic) bond motifs is 1. The van der Waals surface area contributed by atoms with Crippen molar-refractivity contribution in [2.24, 2.45) is 0 Å². The molecule has 0 unspecified atom stereocenters. The molecule has 2 aromatic rings. The molecule has 0 atom stereocenters. The molecule has 0 spiro atoms. The maximum atomic E-state index is 13.0. The van der Waals surface area contributed by atoms with E-state index in [1.54, 1.807) is 24.1 Å². The largest absolute Gasteiger partial charge is 0.382 e. The Kier molecular flexibility index (Phi) is 5.22. The maximum Gasteiger partial charge on any atom is 0.248 e. The van der Waals surface area contributed by atoms with Crippen molar-refractivity contribution in [1.82, 2.24) is 10.1 Å². The number of carbonyl (C=O) groups is 1. The Balaban J connectivity index is 1.65. The lowest BCUT2D eigenvalue weighted by Crippen LogP contribution is -2.38. The van der Waals surface area contributed by atoms with Gasteiger partial charge in [-0.05, 0) is 30.7 Å². The van der Waals surface area contributed by atoms with Crippen molar-refractivity contribution < 1.29 is 23.2 Å². The van der Waals surface area contributed by atoms with Crippen molar-refractivity contribution in [3.05, 3.63) is 41.3 Å². The van der Waals surface area contributed by atoms with E-state index in [-0.39, 0.29) is 18.3 Å². The van der Waals surface area contributed by atoms with Gasteiger partial charge in [0.15, 0.2) is 5.76 Å². The summed E-state index contributed by atoms with van der Waals surface area (Å²) in [6.45, 7) is 1.85. The summed E-state index contributed by atoms with van der Waals surface area (Å²) < 4.78 is 28.6. The van der Waals surface area contributed by atoms with Crippen molar-refractivity contribution in [3.8, 4) is 11.3 Å². The fourth-order valence-corrected chi connectivity index (χ4v) is 2.66. The molecule has 7 heteroatoms. The number of rotatable bonds is 6. The number of benzene rings is 1. The first-order chi connectivity index (χ1) is 11.7. The van der Waals surface area contributed by atoms with Crippen LogP contribution in [-0.2, 0) is 27.2 Å². The molecule has 6 nitrogen and oxygen atoms in total. The summed E-state index contributed by atoms with van der Waals surface area (Å²) in [7, 11) is 1.58. The van der Waals surface area contributed by atoms with Crippen LogP contribution in [0.1, 0.15) is 11.3 Å². The van der Waals surface area contributed by atoms with Crippen LogP contribution in [0.4, 0.5) is 4.39 Å². The third kappa shape index (κ3) is 3.63. The fraction of sp³-hybridized carbons (Fsp3) is 0.412. The molecule has 0 saturated heterocycles. The molecule has 0 bridgehead atoms. The highest BCUT2D eigenvalue weighted by atomic mass is 19.1. The summed E-state index contributed by atoms with van der Waals surface area (Å²) in [5, 5.41) is 4.07. The molecular weight excluding hydrogens is 315 g/mol. The molecule has 1 aromatic heterocycles. The van der Waals surface area contributed by atoms with E-state index in [0.717, 1.165) is 16.8 Å².